The van der Waals surface area contributed by atoms with Gasteiger partial charge in [-0.05, 0) is 25.7 Å². The lowest BCUT2D eigenvalue weighted by Crippen LogP contribution is -2.53. The summed E-state index contributed by atoms with van der Waals surface area (Å²) in [5, 5.41) is 28.8. The Hall–Kier alpha value is -1.89. The van der Waals surface area contributed by atoms with Crippen LogP contribution >= 0.6 is 0 Å². The quantitative estimate of drug-likeness (QED) is 0.231. The van der Waals surface area contributed by atoms with Gasteiger partial charge in [-0.15, -0.1) is 6.58 Å². The summed E-state index contributed by atoms with van der Waals surface area (Å²) in [6.07, 6.45) is 7.48. The summed E-state index contributed by atoms with van der Waals surface area (Å²) < 4.78 is 0.208. The van der Waals surface area contributed by atoms with Crippen molar-refractivity contribution in [2.75, 3.05) is 26.2 Å². The van der Waals surface area contributed by atoms with Gasteiger partial charge < -0.3 is 24.6 Å². The largest absolute Gasteiger partial charge is 0.550 e. The van der Waals surface area contributed by atoms with Crippen molar-refractivity contribution in [1.82, 2.24) is 0 Å². The van der Waals surface area contributed by atoms with E-state index in [0.717, 1.165) is 38.5 Å². The van der Waals surface area contributed by atoms with Crippen molar-refractivity contribution in [2.24, 2.45) is 0 Å². The molecule has 0 aliphatic heterocycles. The van der Waals surface area contributed by atoms with E-state index in [1.165, 1.54) is 0 Å². The third-order valence-electron chi connectivity index (χ3n) is 4.43. The molecule has 2 N–H and O–H groups in total. The molecule has 0 unspecified atom stereocenters. The second-order valence-electron chi connectivity index (χ2n) is 6.49. The second kappa shape index (κ2) is 13.4. The van der Waals surface area contributed by atoms with Gasteiger partial charge in [-0.3, -0.25) is 9.59 Å². The Morgan fingerprint density at radius 2 is 1.28 bits per heavy atom. The molecular formula is C18H31NO6. The van der Waals surface area contributed by atoms with Crippen LogP contribution in [0, 0.1) is 0 Å². The zero-order chi connectivity index (χ0) is 19.1. The minimum Gasteiger partial charge on any atom is -0.550 e. The fourth-order valence-electron chi connectivity index (χ4n) is 2.93. The van der Waals surface area contributed by atoms with Crippen LogP contribution in [0.5, 0.6) is 0 Å². The molecule has 25 heavy (non-hydrogen) atoms. The van der Waals surface area contributed by atoms with Gasteiger partial charge in [0, 0.05) is 12.4 Å². The summed E-state index contributed by atoms with van der Waals surface area (Å²) in [5.41, 5.74) is 0. The van der Waals surface area contributed by atoms with Gasteiger partial charge >= 0.3 is 11.9 Å². The van der Waals surface area contributed by atoms with Crippen LogP contribution in [-0.2, 0) is 14.4 Å². The second-order valence-corrected chi connectivity index (χ2v) is 6.49. The molecule has 0 heterocycles. The average molecular weight is 357 g/mol. The number of carboxylic acid groups (broad SMARTS) is 3. The van der Waals surface area contributed by atoms with E-state index in [9.17, 15) is 19.5 Å². The summed E-state index contributed by atoms with van der Waals surface area (Å²) >= 11 is 0. The van der Waals surface area contributed by atoms with Gasteiger partial charge in [-0.25, -0.2) is 0 Å². The standard InChI is InChI=1S/C18H31NO6/c1-2-3-4-5-6-7-8-12-19(13-9-16(20)21,14-10-17(22)23)15-11-18(24)25/h2H,1,3-15H2,(H2-,20,21,22,23,24,25). The van der Waals surface area contributed by atoms with Crippen LogP contribution in [0.1, 0.15) is 57.8 Å². The molecule has 0 aliphatic rings. The van der Waals surface area contributed by atoms with E-state index in [-0.39, 0.29) is 43.4 Å². The number of nitrogens with zero attached hydrogens (tertiary/aromatic N) is 1. The van der Waals surface area contributed by atoms with Gasteiger partial charge in [-0.2, -0.15) is 0 Å². The lowest BCUT2D eigenvalue weighted by Gasteiger charge is -2.38. The smallest absolute Gasteiger partial charge is 0.309 e. The Kier molecular flexibility index (Phi) is 12.4. The van der Waals surface area contributed by atoms with E-state index in [4.69, 9.17) is 10.2 Å². The summed E-state index contributed by atoms with van der Waals surface area (Å²) in [6.45, 7) is 4.96. The zero-order valence-electron chi connectivity index (χ0n) is 15.0. The van der Waals surface area contributed by atoms with Crippen molar-refractivity contribution in [1.29, 1.82) is 0 Å². The maximum atomic E-state index is 10.9. The molecule has 0 bridgehead atoms. The van der Waals surface area contributed by atoms with Gasteiger partial charge in [0.15, 0.2) is 0 Å². The maximum absolute atomic E-state index is 10.9. The van der Waals surface area contributed by atoms with Crippen LogP contribution in [0.25, 0.3) is 0 Å². The highest BCUT2D eigenvalue weighted by Crippen LogP contribution is 2.16. The molecule has 0 aliphatic carbocycles. The number of carbonyl (C=O) groups is 3. The Balaban J connectivity index is 4.70. The van der Waals surface area contributed by atoms with E-state index in [0.29, 0.717) is 6.54 Å². The molecule has 0 amide bonds. The van der Waals surface area contributed by atoms with Gasteiger partial charge in [0.25, 0.3) is 0 Å². The molecule has 7 nitrogen and oxygen atoms in total. The van der Waals surface area contributed by atoms with Crippen molar-refractivity contribution >= 4 is 17.9 Å². The lowest BCUT2D eigenvalue weighted by atomic mass is 10.1. The molecule has 0 saturated carbocycles. The maximum Gasteiger partial charge on any atom is 0.309 e. The Morgan fingerprint density at radius 1 is 0.800 bits per heavy atom. The fourth-order valence-corrected chi connectivity index (χ4v) is 2.93. The number of carboxylic acids is 3. The molecule has 144 valence electrons. The minimum absolute atomic E-state index is 0.105. The minimum atomic E-state index is -1.20. The van der Waals surface area contributed by atoms with E-state index in [1.54, 1.807) is 0 Å². The third kappa shape index (κ3) is 13.1. The van der Waals surface area contributed by atoms with Crippen LogP contribution in [0.4, 0.5) is 0 Å². The first-order valence-corrected chi connectivity index (χ1v) is 8.91. The van der Waals surface area contributed by atoms with Crippen LogP contribution < -0.4 is 5.11 Å². The summed E-state index contributed by atoms with van der Waals surface area (Å²) in [5.74, 6) is -3.12. The molecule has 0 aromatic rings. The monoisotopic (exact) mass is 357 g/mol. The first kappa shape index (κ1) is 23.1. The predicted octanol–water partition coefficient (Wildman–Crippen LogP) is 1.42. The van der Waals surface area contributed by atoms with Crippen molar-refractivity contribution in [3.8, 4) is 0 Å². The van der Waals surface area contributed by atoms with Crippen LogP contribution in [0.3, 0.4) is 0 Å². The van der Waals surface area contributed by atoms with Crippen LogP contribution in [-0.4, -0.2) is 58.8 Å². The molecule has 7 heteroatoms. The van der Waals surface area contributed by atoms with Crippen molar-refractivity contribution in [3.05, 3.63) is 12.7 Å². The molecular weight excluding hydrogens is 326 g/mol. The van der Waals surface area contributed by atoms with Crippen LogP contribution in [0.2, 0.25) is 0 Å². The molecule has 0 saturated heterocycles. The third-order valence-corrected chi connectivity index (χ3v) is 4.43. The van der Waals surface area contributed by atoms with E-state index in [2.05, 4.69) is 6.58 Å². The Morgan fingerprint density at radius 3 is 1.76 bits per heavy atom. The van der Waals surface area contributed by atoms with Crippen molar-refractivity contribution in [2.45, 2.75) is 57.8 Å². The number of quaternary nitrogens is 1. The molecule has 0 spiro atoms. The number of hydrogen-bond acceptors (Lipinski definition) is 4. The Labute approximate surface area is 149 Å². The molecule has 0 fully saturated rings. The van der Waals surface area contributed by atoms with Crippen molar-refractivity contribution < 1.29 is 34.2 Å². The average Bonchev–Trinajstić information content (AvgIpc) is 2.54. The SMILES string of the molecule is C=CCCCCCCC[N+](CCC(=O)[O-])(CCC(=O)O)CCC(=O)O. The summed E-state index contributed by atoms with van der Waals surface area (Å²) in [4.78, 5) is 32.7. The molecule has 0 atom stereocenters. The topological polar surface area (TPSA) is 115 Å². The van der Waals surface area contributed by atoms with E-state index < -0.39 is 17.9 Å². The number of unbranched alkanes of at least 4 members (excludes halogenated alkanes) is 5. The van der Waals surface area contributed by atoms with Gasteiger partial charge in [-0.1, -0.05) is 18.9 Å². The summed E-state index contributed by atoms with van der Waals surface area (Å²) in [7, 11) is 0. The first-order valence-electron chi connectivity index (χ1n) is 8.91. The van der Waals surface area contributed by atoms with Gasteiger partial charge in [0.05, 0.1) is 39.0 Å². The number of allylic oxidation sites excluding steroid dienone is 1. The highest BCUT2D eigenvalue weighted by atomic mass is 16.4. The molecule has 0 radical (unpaired) electrons. The van der Waals surface area contributed by atoms with Crippen LogP contribution in [0.15, 0.2) is 12.7 Å². The molecule has 0 rings (SSSR count). The first-order chi connectivity index (χ1) is 11.8. The fraction of sp³-hybridized carbons (Fsp3) is 0.722. The van der Waals surface area contributed by atoms with Gasteiger partial charge in [0.1, 0.15) is 0 Å². The normalized spacial score (nSPS) is 11.2. The number of rotatable bonds is 17. The van der Waals surface area contributed by atoms with E-state index >= 15 is 0 Å². The highest BCUT2D eigenvalue weighted by Gasteiger charge is 2.28. The summed E-state index contributed by atoms with van der Waals surface area (Å²) in [6, 6.07) is 0. The number of carbonyl (C=O) groups excluding carboxylic acids is 1. The zero-order valence-corrected chi connectivity index (χ0v) is 15.0. The Bertz CT molecular complexity index is 390. The highest BCUT2D eigenvalue weighted by molar-refractivity contribution is 5.67. The van der Waals surface area contributed by atoms with Gasteiger partial charge in [0.2, 0.25) is 0 Å². The lowest BCUT2D eigenvalue weighted by molar-refractivity contribution is -0.927. The van der Waals surface area contributed by atoms with Crippen molar-refractivity contribution in [3.63, 3.8) is 0 Å². The molecule has 0 aromatic heterocycles. The van der Waals surface area contributed by atoms with E-state index in [1.807, 2.05) is 6.08 Å². The number of aliphatic carboxylic acids is 3. The molecule has 0 aromatic carbocycles. The predicted molar refractivity (Wildman–Crippen MR) is 91.8 cm³/mol. The number of hydrogen-bond donors (Lipinski definition) is 2.